The molecule has 3 N–H and O–H groups in total. The summed E-state index contributed by atoms with van der Waals surface area (Å²) in [6.45, 7) is 2.28. The van der Waals surface area contributed by atoms with E-state index < -0.39 is 31.1 Å². The summed E-state index contributed by atoms with van der Waals surface area (Å²) in [6, 6.07) is -0.701. The normalized spacial score (nSPS) is 9.61. The molecule has 0 aromatic heterocycles. The van der Waals surface area contributed by atoms with Crippen LogP contribution in [0.25, 0.3) is 0 Å². The van der Waals surface area contributed by atoms with Gasteiger partial charge < -0.3 is 19.8 Å². The SMILES string of the molecule is C=CCN(CCO)C(=O)NC(=O)COCC(=O)O. The van der Waals surface area contributed by atoms with Crippen molar-refractivity contribution in [2.24, 2.45) is 0 Å². The first-order valence-corrected chi connectivity index (χ1v) is 5.11. The second-order valence-electron chi connectivity index (χ2n) is 3.20. The molecule has 0 heterocycles. The summed E-state index contributed by atoms with van der Waals surface area (Å²) in [7, 11) is 0. The summed E-state index contributed by atoms with van der Waals surface area (Å²) >= 11 is 0. The molecule has 0 saturated carbocycles. The molecule has 0 saturated heterocycles. The summed E-state index contributed by atoms with van der Waals surface area (Å²) in [4.78, 5) is 34.0. The number of carboxylic acid groups (broad SMARTS) is 1. The van der Waals surface area contributed by atoms with Crippen molar-refractivity contribution in [2.75, 3.05) is 32.9 Å². The molecular weight excluding hydrogens is 244 g/mol. The van der Waals surface area contributed by atoms with Crippen molar-refractivity contribution in [3.63, 3.8) is 0 Å². The molecule has 0 aliphatic rings. The Labute approximate surface area is 104 Å². The van der Waals surface area contributed by atoms with Crippen molar-refractivity contribution < 1.29 is 29.3 Å². The van der Waals surface area contributed by atoms with Crippen molar-refractivity contribution in [3.8, 4) is 0 Å². The Morgan fingerprint density at radius 2 is 2.00 bits per heavy atom. The highest BCUT2D eigenvalue weighted by molar-refractivity contribution is 5.95. The zero-order chi connectivity index (χ0) is 14.0. The van der Waals surface area contributed by atoms with Crippen molar-refractivity contribution in [3.05, 3.63) is 12.7 Å². The number of hydrogen-bond acceptors (Lipinski definition) is 5. The number of nitrogens with one attached hydrogen (secondary N) is 1. The van der Waals surface area contributed by atoms with Crippen LogP contribution in [-0.4, -0.2) is 65.9 Å². The summed E-state index contributed by atoms with van der Waals surface area (Å²) < 4.78 is 4.51. The maximum Gasteiger partial charge on any atom is 0.329 e. The van der Waals surface area contributed by atoms with Gasteiger partial charge in [0, 0.05) is 13.1 Å². The number of urea groups is 1. The van der Waals surface area contributed by atoms with E-state index in [0.29, 0.717) is 0 Å². The standard InChI is InChI=1S/C10H16N2O6/c1-2-3-12(4-5-13)10(17)11-8(14)6-18-7-9(15)16/h2,13H,1,3-7H2,(H,15,16)(H,11,14,17). The second kappa shape index (κ2) is 9.14. The highest BCUT2D eigenvalue weighted by Crippen LogP contribution is 1.90. The Balaban J connectivity index is 4.06. The van der Waals surface area contributed by atoms with Gasteiger partial charge in [0.25, 0.3) is 5.91 Å². The van der Waals surface area contributed by atoms with Crippen molar-refractivity contribution >= 4 is 17.9 Å². The minimum absolute atomic E-state index is 0.0567. The first-order valence-electron chi connectivity index (χ1n) is 5.11. The Bertz CT molecular complexity index is 317. The number of ether oxygens (including phenoxy) is 1. The smallest absolute Gasteiger partial charge is 0.329 e. The zero-order valence-electron chi connectivity index (χ0n) is 9.79. The molecule has 8 heteroatoms. The van der Waals surface area contributed by atoms with Gasteiger partial charge in [0.1, 0.15) is 13.2 Å². The van der Waals surface area contributed by atoms with Gasteiger partial charge in [-0.1, -0.05) is 6.08 Å². The number of carboxylic acids is 1. The van der Waals surface area contributed by atoms with Crippen LogP contribution in [0.2, 0.25) is 0 Å². The summed E-state index contributed by atoms with van der Waals surface area (Å²) in [5.74, 6) is -1.96. The monoisotopic (exact) mass is 260 g/mol. The highest BCUT2D eigenvalue weighted by atomic mass is 16.5. The van der Waals surface area contributed by atoms with Gasteiger partial charge in [-0.25, -0.2) is 9.59 Å². The van der Waals surface area contributed by atoms with Crippen molar-refractivity contribution in [2.45, 2.75) is 0 Å². The lowest BCUT2D eigenvalue weighted by Gasteiger charge is -2.19. The minimum atomic E-state index is -1.21. The van der Waals surface area contributed by atoms with Crippen LogP contribution in [0.1, 0.15) is 0 Å². The van der Waals surface area contributed by atoms with Crippen LogP contribution in [0.15, 0.2) is 12.7 Å². The van der Waals surface area contributed by atoms with E-state index in [0.717, 1.165) is 0 Å². The Kier molecular flexibility index (Phi) is 8.16. The highest BCUT2D eigenvalue weighted by Gasteiger charge is 2.14. The molecule has 0 radical (unpaired) electrons. The number of amides is 3. The molecule has 0 spiro atoms. The molecule has 0 aliphatic carbocycles. The van der Waals surface area contributed by atoms with E-state index >= 15 is 0 Å². The van der Waals surface area contributed by atoms with Gasteiger partial charge in [0.15, 0.2) is 0 Å². The van der Waals surface area contributed by atoms with E-state index in [1.165, 1.54) is 11.0 Å². The molecule has 3 amide bonds. The van der Waals surface area contributed by atoms with E-state index in [4.69, 9.17) is 10.2 Å². The number of hydrogen-bond donors (Lipinski definition) is 3. The predicted molar refractivity (Wildman–Crippen MR) is 60.8 cm³/mol. The number of carbonyl (C=O) groups excluding carboxylic acids is 2. The fourth-order valence-electron chi connectivity index (χ4n) is 1.02. The largest absolute Gasteiger partial charge is 0.480 e. The quantitative estimate of drug-likeness (QED) is 0.472. The van der Waals surface area contributed by atoms with Crippen LogP contribution < -0.4 is 5.32 Å². The number of nitrogens with zero attached hydrogens (tertiary/aromatic N) is 1. The van der Waals surface area contributed by atoms with E-state index in [2.05, 4.69) is 11.3 Å². The third-order valence-corrected chi connectivity index (χ3v) is 1.71. The Hall–Kier alpha value is -1.93. The van der Waals surface area contributed by atoms with Crippen molar-refractivity contribution in [1.29, 1.82) is 0 Å². The second-order valence-corrected chi connectivity index (χ2v) is 3.20. The fourth-order valence-corrected chi connectivity index (χ4v) is 1.02. The molecule has 0 bridgehead atoms. The number of rotatable bonds is 8. The van der Waals surface area contributed by atoms with E-state index in [1.54, 1.807) is 0 Å². The predicted octanol–water partition coefficient (Wildman–Crippen LogP) is -1.20. The molecule has 0 aromatic carbocycles. The summed E-state index contributed by atoms with van der Waals surface area (Å²) in [6.07, 6.45) is 1.45. The lowest BCUT2D eigenvalue weighted by atomic mass is 10.5. The average molecular weight is 260 g/mol. The molecule has 0 aromatic rings. The van der Waals surface area contributed by atoms with Crippen LogP contribution in [-0.2, 0) is 14.3 Å². The molecule has 0 rings (SSSR count). The minimum Gasteiger partial charge on any atom is -0.480 e. The first kappa shape index (κ1) is 16.1. The molecule has 18 heavy (non-hydrogen) atoms. The van der Waals surface area contributed by atoms with Crippen LogP contribution >= 0.6 is 0 Å². The average Bonchev–Trinajstić information content (AvgIpc) is 2.28. The Morgan fingerprint density at radius 1 is 1.33 bits per heavy atom. The maximum atomic E-state index is 11.5. The molecule has 0 atom stereocenters. The maximum absolute atomic E-state index is 11.5. The number of carbonyl (C=O) groups is 3. The molecule has 102 valence electrons. The zero-order valence-corrected chi connectivity index (χ0v) is 9.79. The van der Waals surface area contributed by atoms with Crippen LogP contribution in [0.4, 0.5) is 4.79 Å². The van der Waals surface area contributed by atoms with Gasteiger partial charge in [0.2, 0.25) is 0 Å². The summed E-state index contributed by atoms with van der Waals surface area (Å²) in [5.41, 5.74) is 0. The van der Waals surface area contributed by atoms with E-state index in [9.17, 15) is 14.4 Å². The third-order valence-electron chi connectivity index (χ3n) is 1.71. The van der Waals surface area contributed by atoms with E-state index in [-0.39, 0.29) is 19.7 Å². The van der Waals surface area contributed by atoms with Crippen LogP contribution in [0.5, 0.6) is 0 Å². The molecule has 8 nitrogen and oxygen atoms in total. The van der Waals surface area contributed by atoms with Gasteiger partial charge in [-0.15, -0.1) is 6.58 Å². The van der Waals surface area contributed by atoms with Crippen molar-refractivity contribution in [1.82, 2.24) is 10.2 Å². The van der Waals surface area contributed by atoms with Gasteiger partial charge in [-0.3, -0.25) is 10.1 Å². The number of imide groups is 1. The molecular formula is C10H16N2O6. The molecule has 0 unspecified atom stereocenters. The fraction of sp³-hybridized carbons (Fsp3) is 0.500. The molecule has 0 fully saturated rings. The lowest BCUT2D eigenvalue weighted by Crippen LogP contribution is -2.45. The number of aliphatic hydroxyl groups excluding tert-OH is 1. The van der Waals surface area contributed by atoms with Crippen LogP contribution in [0.3, 0.4) is 0 Å². The van der Waals surface area contributed by atoms with Gasteiger partial charge in [-0.2, -0.15) is 0 Å². The van der Waals surface area contributed by atoms with Gasteiger partial charge in [-0.05, 0) is 0 Å². The number of aliphatic carboxylic acids is 1. The number of aliphatic hydroxyl groups is 1. The van der Waals surface area contributed by atoms with Gasteiger partial charge >= 0.3 is 12.0 Å². The summed E-state index contributed by atoms with van der Waals surface area (Å²) in [5, 5.41) is 19.0. The van der Waals surface area contributed by atoms with E-state index in [1.807, 2.05) is 5.32 Å². The van der Waals surface area contributed by atoms with Crippen LogP contribution in [0, 0.1) is 0 Å². The van der Waals surface area contributed by atoms with Gasteiger partial charge in [0.05, 0.1) is 6.61 Å². The third kappa shape index (κ3) is 7.36. The lowest BCUT2D eigenvalue weighted by molar-refractivity contribution is -0.143. The topological polar surface area (TPSA) is 116 Å². The molecule has 0 aliphatic heterocycles. The first-order chi connectivity index (χ1) is 8.51. The Morgan fingerprint density at radius 3 is 2.50 bits per heavy atom.